The topological polar surface area (TPSA) is 197 Å². The second-order valence-electron chi connectivity index (χ2n) is 8.54. The molecule has 0 radical (unpaired) electrons. The summed E-state index contributed by atoms with van der Waals surface area (Å²) in [6, 6.07) is 0.510. The van der Waals surface area contributed by atoms with Crippen LogP contribution in [0.2, 0.25) is 0 Å². The molecule has 0 atom stereocenters. The first-order valence-corrected chi connectivity index (χ1v) is 11.4. The van der Waals surface area contributed by atoms with Crippen molar-refractivity contribution in [1.29, 1.82) is 0 Å². The Morgan fingerprint density at radius 2 is 0.938 bits per heavy atom. The minimum absolute atomic E-state index is 0. The maximum Gasteiger partial charge on any atom is 0.231 e. The number of aromatic nitrogens is 3. The number of anilines is 3. The van der Waals surface area contributed by atoms with Crippen LogP contribution in [0.3, 0.4) is 0 Å². The van der Waals surface area contributed by atoms with Crippen molar-refractivity contribution in [2.75, 3.05) is 41.3 Å². The van der Waals surface area contributed by atoms with E-state index in [1.807, 2.05) is 0 Å². The lowest BCUT2D eigenvalue weighted by atomic mass is 9.97. The van der Waals surface area contributed by atoms with E-state index in [9.17, 15) is 0 Å². The van der Waals surface area contributed by atoms with E-state index in [1.54, 1.807) is 0 Å². The summed E-state index contributed by atoms with van der Waals surface area (Å²) in [6.45, 7) is 4.30. The van der Waals surface area contributed by atoms with Crippen molar-refractivity contribution in [1.82, 2.24) is 39.6 Å². The van der Waals surface area contributed by atoms with E-state index < -0.39 is 0 Å². The van der Waals surface area contributed by atoms with E-state index in [0.29, 0.717) is 6.04 Å². The molecule has 1 aliphatic carbocycles. The Morgan fingerprint density at radius 3 is 1.38 bits per heavy atom. The molecule has 2 saturated heterocycles. The highest BCUT2D eigenvalue weighted by atomic mass is 35.5. The summed E-state index contributed by atoms with van der Waals surface area (Å²) in [4.78, 5) is 19.4. The number of piperidine rings is 2. The highest BCUT2D eigenvalue weighted by Gasteiger charge is 2.21. The van der Waals surface area contributed by atoms with Crippen LogP contribution in [0.1, 0.15) is 89.2 Å². The van der Waals surface area contributed by atoms with Crippen molar-refractivity contribution in [2.45, 2.75) is 89.5 Å². The third-order valence-corrected chi connectivity index (χ3v) is 6.33. The standard InChI is InChI=1S/C21H36N6.ClH.4H3N.4H2/c1-2-6-12-18(13-7-3-1)22-19-23-20(26-14-8-4-9-15-26)25-21(24-19)27-16-10-5-11-17-27;;;;;;;;;/h18H,1-17H2,(H,22,23,24,25);1H;4*1H3;4*1H. The lowest BCUT2D eigenvalue weighted by molar-refractivity contribution is 0.469. The SMILES string of the molecule is C1CCCC(Nc2nc(N3CCCCC3)nc(N3CCCCC3)n2)CCC1.Cl.N.N.N.N.[HH].[HH].[HH].[HH]. The molecule has 32 heavy (non-hydrogen) atoms. The maximum absolute atomic E-state index is 4.90. The van der Waals surface area contributed by atoms with Gasteiger partial charge in [-0.3, -0.25) is 0 Å². The molecule has 0 amide bonds. The summed E-state index contributed by atoms with van der Waals surface area (Å²) in [5.74, 6) is 2.58. The largest absolute Gasteiger partial charge is 0.351 e. The Bertz CT molecular complexity index is 568. The molecule has 0 spiro atoms. The number of hydrogen-bond acceptors (Lipinski definition) is 10. The molecule has 1 saturated carbocycles. The highest BCUT2D eigenvalue weighted by molar-refractivity contribution is 5.85. The van der Waals surface area contributed by atoms with Gasteiger partial charge in [-0.2, -0.15) is 15.0 Å². The van der Waals surface area contributed by atoms with Gasteiger partial charge in [0.05, 0.1) is 0 Å². The second kappa shape index (κ2) is 17.1. The van der Waals surface area contributed by atoms with Crippen LogP contribution in [-0.2, 0) is 0 Å². The average Bonchev–Trinajstić information content (AvgIpc) is 2.71. The van der Waals surface area contributed by atoms with Crippen molar-refractivity contribution < 1.29 is 5.71 Å². The lowest BCUT2D eigenvalue weighted by Crippen LogP contribution is -2.35. The van der Waals surface area contributed by atoms with Gasteiger partial charge in [0.2, 0.25) is 17.8 Å². The molecule has 3 aliphatic rings. The third kappa shape index (κ3) is 9.19. The van der Waals surface area contributed by atoms with Crippen LogP contribution in [0.15, 0.2) is 0 Å². The van der Waals surface area contributed by atoms with Crippen LogP contribution >= 0.6 is 12.4 Å². The number of rotatable bonds is 4. The van der Waals surface area contributed by atoms with Crippen molar-refractivity contribution in [2.24, 2.45) is 0 Å². The van der Waals surface area contributed by atoms with Gasteiger partial charge in [0.1, 0.15) is 0 Å². The summed E-state index contributed by atoms with van der Waals surface area (Å²) in [5, 5.41) is 3.69. The fraction of sp³-hybridized carbons (Fsp3) is 0.857. The van der Waals surface area contributed by atoms with Crippen LogP contribution in [0.4, 0.5) is 17.8 Å². The Labute approximate surface area is 206 Å². The molecule has 198 valence electrons. The molecule has 0 bridgehead atoms. The molecular weight excluding hydrogens is 428 g/mol. The van der Waals surface area contributed by atoms with Gasteiger partial charge in [-0.25, -0.2) is 0 Å². The first-order valence-electron chi connectivity index (χ1n) is 11.4. The normalized spacial score (nSPS) is 19.4. The van der Waals surface area contributed by atoms with Crippen molar-refractivity contribution in [3.05, 3.63) is 0 Å². The van der Waals surface area contributed by atoms with Gasteiger partial charge in [-0.05, 0) is 51.4 Å². The van der Waals surface area contributed by atoms with Gasteiger partial charge in [-0.1, -0.05) is 32.1 Å². The van der Waals surface area contributed by atoms with Crippen LogP contribution in [0, 0.1) is 0 Å². The van der Waals surface area contributed by atoms with Crippen LogP contribution in [-0.4, -0.2) is 47.2 Å². The Kier molecular flexibility index (Phi) is 17.5. The zero-order valence-corrected chi connectivity index (χ0v) is 20.9. The van der Waals surface area contributed by atoms with Gasteiger partial charge in [0.15, 0.2) is 0 Å². The predicted octanol–water partition coefficient (Wildman–Crippen LogP) is 6.43. The molecule has 1 aromatic rings. The molecular formula is C21H57ClN10. The van der Waals surface area contributed by atoms with Crippen LogP contribution in [0.5, 0.6) is 0 Å². The number of nitrogens with one attached hydrogen (secondary N) is 1. The van der Waals surface area contributed by atoms with Crippen molar-refractivity contribution in [3.8, 4) is 0 Å². The number of hydrogen-bond donors (Lipinski definition) is 5. The van der Waals surface area contributed by atoms with Gasteiger partial charge < -0.3 is 39.7 Å². The first kappa shape index (κ1) is 32.7. The molecule has 13 N–H and O–H groups in total. The van der Waals surface area contributed by atoms with E-state index in [0.717, 1.165) is 44.0 Å². The fourth-order valence-electron chi connectivity index (χ4n) is 4.67. The third-order valence-electron chi connectivity index (χ3n) is 6.33. The van der Waals surface area contributed by atoms with Crippen molar-refractivity contribution >= 4 is 30.3 Å². The Hall–Kier alpha value is -1.46. The Balaban J connectivity index is -0.000000250. The summed E-state index contributed by atoms with van der Waals surface area (Å²) in [5.41, 5.74) is 0. The fourth-order valence-corrected chi connectivity index (χ4v) is 4.67. The first-order chi connectivity index (χ1) is 13.4. The lowest BCUT2D eigenvalue weighted by Gasteiger charge is -2.30. The maximum atomic E-state index is 4.90. The highest BCUT2D eigenvalue weighted by Crippen LogP contribution is 2.24. The zero-order chi connectivity index (χ0) is 18.3. The van der Waals surface area contributed by atoms with E-state index in [4.69, 9.17) is 15.0 Å². The molecule has 11 heteroatoms. The van der Waals surface area contributed by atoms with Crippen LogP contribution < -0.4 is 39.7 Å². The van der Waals surface area contributed by atoms with Crippen molar-refractivity contribution in [3.63, 3.8) is 0 Å². The molecule has 10 nitrogen and oxygen atoms in total. The average molecular weight is 485 g/mol. The van der Waals surface area contributed by atoms with Gasteiger partial charge in [0, 0.05) is 37.9 Å². The van der Waals surface area contributed by atoms with E-state index >= 15 is 0 Å². The monoisotopic (exact) mass is 484 g/mol. The molecule has 0 unspecified atom stereocenters. The minimum Gasteiger partial charge on any atom is -0.351 e. The van der Waals surface area contributed by atoms with Gasteiger partial charge in [-0.15, -0.1) is 12.4 Å². The quantitative estimate of drug-likeness (QED) is 0.317. The Morgan fingerprint density at radius 1 is 0.562 bits per heavy atom. The minimum atomic E-state index is 0. The van der Waals surface area contributed by atoms with Gasteiger partial charge in [0.25, 0.3) is 0 Å². The predicted molar refractivity (Wildman–Crippen MR) is 147 cm³/mol. The van der Waals surface area contributed by atoms with E-state index in [2.05, 4.69) is 15.1 Å². The number of nitrogens with zero attached hydrogens (tertiary/aromatic N) is 5. The zero-order valence-electron chi connectivity index (χ0n) is 20.1. The van der Waals surface area contributed by atoms with Gasteiger partial charge >= 0.3 is 0 Å². The molecule has 2 aliphatic heterocycles. The van der Waals surface area contributed by atoms with E-state index in [1.165, 1.54) is 83.5 Å². The molecule has 1 aromatic heterocycles. The summed E-state index contributed by atoms with van der Waals surface area (Å²) >= 11 is 0. The molecule has 0 aromatic carbocycles. The number of halogens is 1. The molecule has 3 fully saturated rings. The van der Waals surface area contributed by atoms with Crippen LogP contribution in [0.25, 0.3) is 0 Å². The molecule has 3 heterocycles. The second-order valence-corrected chi connectivity index (χ2v) is 8.54. The summed E-state index contributed by atoms with van der Waals surface area (Å²) in [6.07, 6.45) is 16.9. The smallest absolute Gasteiger partial charge is 0.231 e. The molecule has 4 rings (SSSR count). The summed E-state index contributed by atoms with van der Waals surface area (Å²) < 4.78 is 0. The summed E-state index contributed by atoms with van der Waals surface area (Å²) in [7, 11) is 0. The van der Waals surface area contributed by atoms with E-state index in [-0.39, 0.29) is 42.7 Å².